The van der Waals surface area contributed by atoms with Gasteiger partial charge in [0, 0.05) is 19.4 Å². The molecule has 2 heterocycles. The van der Waals surface area contributed by atoms with Crippen molar-refractivity contribution in [1.82, 2.24) is 0 Å². The molecule has 0 aromatic heterocycles. The van der Waals surface area contributed by atoms with Crippen LogP contribution in [0, 0.1) is 0 Å². The number of benzene rings is 2. The molecular weight excluding hydrogens is 478 g/mol. The van der Waals surface area contributed by atoms with Crippen LogP contribution in [-0.4, -0.2) is 40.1 Å². The summed E-state index contributed by atoms with van der Waals surface area (Å²) in [6, 6.07) is 15.8. The normalized spacial score (nSPS) is 22.9. The summed E-state index contributed by atoms with van der Waals surface area (Å²) in [5, 5.41) is 0. The van der Waals surface area contributed by atoms with E-state index >= 15 is 0 Å². The molecule has 1 unspecified atom stereocenters. The van der Waals surface area contributed by atoms with Crippen LogP contribution in [0.5, 0.6) is 0 Å². The van der Waals surface area contributed by atoms with Crippen LogP contribution in [0.4, 0.5) is 5.69 Å². The van der Waals surface area contributed by atoms with E-state index in [1.54, 1.807) is 36.4 Å². The molecule has 0 amide bonds. The van der Waals surface area contributed by atoms with Gasteiger partial charge in [-0.3, -0.25) is 13.9 Å². The summed E-state index contributed by atoms with van der Waals surface area (Å²) < 4.78 is 40.0. The molecule has 8 heteroatoms. The number of cyclic esters (lactones) is 2. The van der Waals surface area contributed by atoms with Gasteiger partial charge in [0.15, 0.2) is 0 Å². The second-order valence-electron chi connectivity index (χ2n) is 9.73. The quantitative estimate of drug-likeness (QED) is 0.517. The van der Waals surface area contributed by atoms with Gasteiger partial charge < -0.3 is 9.47 Å². The van der Waals surface area contributed by atoms with Gasteiger partial charge in [0.2, 0.25) is 0 Å². The van der Waals surface area contributed by atoms with E-state index in [4.69, 9.17) is 9.47 Å². The van der Waals surface area contributed by atoms with E-state index in [2.05, 4.69) is 0 Å². The van der Waals surface area contributed by atoms with Crippen molar-refractivity contribution in [2.75, 3.05) is 24.1 Å². The smallest absolute Gasteiger partial charge is 0.305 e. The first kappa shape index (κ1) is 26.2. The predicted octanol–water partition coefficient (Wildman–Crippen LogP) is 5.13. The number of anilines is 1. The molecule has 4 rings (SSSR count). The molecule has 2 aromatic carbocycles. The number of para-hydroxylation sites is 1. The number of hydrogen-bond acceptors (Lipinski definition) is 6. The average molecular weight is 514 g/mol. The fourth-order valence-corrected chi connectivity index (χ4v) is 6.72. The molecule has 0 aliphatic carbocycles. The van der Waals surface area contributed by atoms with Crippen molar-refractivity contribution in [3.63, 3.8) is 0 Å². The van der Waals surface area contributed by atoms with Crippen molar-refractivity contribution in [2.45, 2.75) is 74.5 Å². The van der Waals surface area contributed by atoms with E-state index < -0.39 is 15.4 Å². The highest BCUT2D eigenvalue weighted by atomic mass is 32.2. The second-order valence-corrected chi connectivity index (χ2v) is 11.6. The van der Waals surface area contributed by atoms with Crippen molar-refractivity contribution in [3.8, 4) is 0 Å². The van der Waals surface area contributed by atoms with Gasteiger partial charge in [0.25, 0.3) is 10.0 Å². The Bertz CT molecular complexity index is 1150. The molecule has 1 fully saturated rings. The van der Waals surface area contributed by atoms with Crippen LogP contribution in [-0.2, 0) is 34.5 Å². The van der Waals surface area contributed by atoms with Gasteiger partial charge in [-0.2, -0.15) is 0 Å². The summed E-state index contributed by atoms with van der Waals surface area (Å²) in [4.78, 5) is 25.0. The van der Waals surface area contributed by atoms with Crippen molar-refractivity contribution in [3.05, 3.63) is 60.2 Å². The van der Waals surface area contributed by atoms with E-state index in [-0.39, 0.29) is 36.6 Å². The SMILES string of the molecule is O=C1CCCCCCCCC(=O)OCC2(CCCO1)CN(S(=O)(=O)c1ccccc1)c1ccccc12. The Morgan fingerprint density at radius 1 is 0.722 bits per heavy atom. The fourth-order valence-electron chi connectivity index (χ4n) is 5.13. The predicted molar refractivity (Wildman–Crippen MR) is 137 cm³/mol. The van der Waals surface area contributed by atoms with Gasteiger partial charge in [0.05, 0.1) is 22.6 Å². The minimum absolute atomic E-state index is 0.0810. The summed E-state index contributed by atoms with van der Waals surface area (Å²) in [5.74, 6) is -0.452. The maximum Gasteiger partial charge on any atom is 0.305 e. The highest BCUT2D eigenvalue weighted by Gasteiger charge is 2.47. The van der Waals surface area contributed by atoms with E-state index in [9.17, 15) is 18.0 Å². The van der Waals surface area contributed by atoms with E-state index in [1.165, 1.54) is 4.31 Å². The third-order valence-corrected chi connectivity index (χ3v) is 8.88. The van der Waals surface area contributed by atoms with Gasteiger partial charge in [0.1, 0.15) is 6.61 Å². The molecule has 36 heavy (non-hydrogen) atoms. The lowest BCUT2D eigenvalue weighted by Crippen LogP contribution is -2.41. The minimum Gasteiger partial charge on any atom is -0.466 e. The summed E-state index contributed by atoms with van der Waals surface area (Å²) in [5.41, 5.74) is 0.705. The number of esters is 2. The Kier molecular flexibility index (Phi) is 8.67. The monoisotopic (exact) mass is 513 g/mol. The van der Waals surface area contributed by atoms with Gasteiger partial charge in [-0.05, 0) is 49.4 Å². The zero-order valence-electron chi connectivity index (χ0n) is 20.7. The van der Waals surface area contributed by atoms with Crippen LogP contribution in [0.15, 0.2) is 59.5 Å². The van der Waals surface area contributed by atoms with Gasteiger partial charge in [-0.1, -0.05) is 62.1 Å². The number of fused-ring (bicyclic) bond motifs is 2. The van der Waals surface area contributed by atoms with Crippen LogP contribution >= 0.6 is 0 Å². The number of sulfonamides is 1. The number of rotatable bonds is 2. The first-order valence-electron chi connectivity index (χ1n) is 12.9. The maximum absolute atomic E-state index is 13.6. The topological polar surface area (TPSA) is 90.0 Å². The molecule has 2 aliphatic heterocycles. The summed E-state index contributed by atoms with van der Waals surface area (Å²) in [6.45, 7) is 0.491. The van der Waals surface area contributed by atoms with Gasteiger partial charge in [-0.15, -0.1) is 0 Å². The molecule has 2 aromatic rings. The molecule has 0 radical (unpaired) electrons. The number of ether oxygens (including phenoxy) is 2. The second kappa shape index (κ2) is 11.9. The van der Waals surface area contributed by atoms with Crippen LogP contribution < -0.4 is 4.31 Å². The van der Waals surface area contributed by atoms with Crippen molar-refractivity contribution >= 4 is 27.6 Å². The summed E-state index contributed by atoms with van der Waals surface area (Å²) in [7, 11) is -3.82. The minimum atomic E-state index is -3.82. The highest BCUT2D eigenvalue weighted by molar-refractivity contribution is 7.92. The van der Waals surface area contributed by atoms with Crippen molar-refractivity contribution < 1.29 is 27.5 Å². The van der Waals surface area contributed by atoms with Gasteiger partial charge in [-0.25, -0.2) is 8.42 Å². The van der Waals surface area contributed by atoms with Crippen molar-refractivity contribution in [2.24, 2.45) is 0 Å². The molecule has 1 atom stereocenters. The highest BCUT2D eigenvalue weighted by Crippen LogP contribution is 2.46. The lowest BCUT2D eigenvalue weighted by molar-refractivity contribution is -0.145. The number of carbonyl (C=O) groups excluding carboxylic acids is 2. The Morgan fingerprint density at radius 3 is 2.06 bits per heavy atom. The Hall–Kier alpha value is -2.87. The zero-order chi connectivity index (χ0) is 25.4. The lowest BCUT2D eigenvalue weighted by atomic mass is 9.79. The molecule has 0 bridgehead atoms. The molecule has 1 spiro atoms. The largest absolute Gasteiger partial charge is 0.466 e. The lowest BCUT2D eigenvalue weighted by Gasteiger charge is -2.30. The number of nitrogens with zero attached hydrogens (tertiary/aromatic N) is 1. The molecule has 1 saturated heterocycles. The third kappa shape index (κ3) is 6.09. The Labute approximate surface area is 213 Å². The fraction of sp³-hybridized carbons (Fsp3) is 0.500. The summed E-state index contributed by atoms with van der Waals surface area (Å²) >= 11 is 0. The van der Waals surface area contributed by atoms with E-state index in [1.807, 2.05) is 18.2 Å². The molecule has 2 aliphatic rings. The van der Waals surface area contributed by atoms with Crippen LogP contribution in [0.25, 0.3) is 0 Å². The molecule has 0 saturated carbocycles. The maximum atomic E-state index is 13.6. The Morgan fingerprint density at radius 2 is 1.33 bits per heavy atom. The molecule has 7 nitrogen and oxygen atoms in total. The standard InChI is InChI=1S/C28H35NO6S/c30-26-17-8-3-1-2-4-9-18-27(31)35-22-28(19-12-20-34-26)21-29(25-16-11-10-15-24(25)28)36(32,33)23-13-6-5-7-14-23/h5-7,10-11,13-16H,1-4,8-9,12,17-22H2. The van der Waals surface area contributed by atoms with Crippen LogP contribution in [0.2, 0.25) is 0 Å². The van der Waals surface area contributed by atoms with Crippen LogP contribution in [0.1, 0.15) is 69.8 Å². The van der Waals surface area contributed by atoms with E-state index in [0.29, 0.717) is 31.4 Å². The number of carbonyl (C=O) groups is 2. The molecule has 0 N–H and O–H groups in total. The molecular formula is C28H35NO6S. The number of hydrogen-bond donors (Lipinski definition) is 0. The molecule has 194 valence electrons. The first-order valence-corrected chi connectivity index (χ1v) is 14.3. The van der Waals surface area contributed by atoms with Crippen LogP contribution in [0.3, 0.4) is 0 Å². The Balaban J connectivity index is 1.61. The zero-order valence-corrected chi connectivity index (χ0v) is 21.5. The summed E-state index contributed by atoms with van der Waals surface area (Å²) in [6.07, 6.45) is 7.37. The van der Waals surface area contributed by atoms with E-state index in [0.717, 1.165) is 44.1 Å². The van der Waals surface area contributed by atoms with Crippen molar-refractivity contribution in [1.29, 1.82) is 0 Å². The third-order valence-electron chi connectivity index (χ3n) is 7.11. The van der Waals surface area contributed by atoms with Gasteiger partial charge >= 0.3 is 11.9 Å². The first-order chi connectivity index (χ1) is 17.4. The average Bonchev–Trinajstić information content (AvgIpc) is 3.23.